The van der Waals surface area contributed by atoms with Crippen LogP contribution < -0.4 is 4.90 Å². The monoisotopic (exact) mass is 375 g/mol. The van der Waals surface area contributed by atoms with E-state index in [1.165, 1.54) is 12.8 Å². The van der Waals surface area contributed by atoms with Crippen molar-refractivity contribution in [3.8, 4) is 0 Å². The summed E-state index contributed by atoms with van der Waals surface area (Å²) in [5.74, 6) is 2.17. The lowest BCUT2D eigenvalue weighted by atomic mass is 9.96. The van der Waals surface area contributed by atoms with Crippen LogP contribution in [0.1, 0.15) is 47.8 Å². The van der Waals surface area contributed by atoms with E-state index in [4.69, 9.17) is 4.98 Å². The molecule has 0 unspecified atom stereocenters. The standard InChI is InChI=1S/C22H25N5O/c28-22(17-8-5-11-23-21(17)26-12-3-4-13-26)27-14-6-7-16(15-27)20-24-18-9-1-2-10-19(18)25-20/h1-2,5,8-11,16H,3-4,6-7,12-15H2,(H,24,25)/t16-/m0/s1. The molecular weight excluding hydrogens is 350 g/mol. The molecule has 1 atom stereocenters. The normalized spacial score (nSPS) is 20.1. The van der Waals surface area contributed by atoms with E-state index in [9.17, 15) is 4.79 Å². The fraction of sp³-hybridized carbons (Fsp3) is 0.409. The number of piperidine rings is 1. The third kappa shape index (κ3) is 3.13. The second-order valence-corrected chi connectivity index (χ2v) is 7.80. The molecule has 1 N–H and O–H groups in total. The summed E-state index contributed by atoms with van der Waals surface area (Å²) in [6.07, 6.45) is 6.17. The van der Waals surface area contributed by atoms with Gasteiger partial charge in [0.15, 0.2) is 0 Å². The molecule has 0 saturated carbocycles. The van der Waals surface area contributed by atoms with Crippen molar-refractivity contribution in [2.75, 3.05) is 31.1 Å². The van der Waals surface area contributed by atoms with Crippen LogP contribution in [0.15, 0.2) is 42.6 Å². The molecule has 4 heterocycles. The molecule has 1 aromatic carbocycles. The number of aromatic amines is 1. The van der Waals surface area contributed by atoms with Gasteiger partial charge in [-0.2, -0.15) is 0 Å². The number of amides is 1. The second-order valence-electron chi connectivity index (χ2n) is 7.80. The molecule has 6 nitrogen and oxygen atoms in total. The van der Waals surface area contributed by atoms with Crippen LogP contribution >= 0.6 is 0 Å². The van der Waals surface area contributed by atoms with Crippen molar-refractivity contribution in [3.63, 3.8) is 0 Å². The van der Waals surface area contributed by atoms with Crippen LogP contribution in [0.4, 0.5) is 5.82 Å². The van der Waals surface area contributed by atoms with Gasteiger partial charge in [-0.25, -0.2) is 9.97 Å². The van der Waals surface area contributed by atoms with Crippen molar-refractivity contribution in [2.24, 2.45) is 0 Å². The van der Waals surface area contributed by atoms with E-state index >= 15 is 0 Å². The maximum atomic E-state index is 13.4. The highest BCUT2D eigenvalue weighted by molar-refractivity contribution is 5.99. The summed E-state index contributed by atoms with van der Waals surface area (Å²) in [5.41, 5.74) is 2.78. The lowest BCUT2D eigenvalue weighted by Crippen LogP contribution is -2.40. The molecule has 144 valence electrons. The number of carbonyl (C=O) groups excluding carboxylic acids is 1. The molecule has 2 saturated heterocycles. The third-order valence-electron chi connectivity index (χ3n) is 5.93. The van der Waals surface area contributed by atoms with Gasteiger partial charge in [-0.15, -0.1) is 0 Å². The number of anilines is 1. The summed E-state index contributed by atoms with van der Waals surface area (Å²) in [7, 11) is 0. The molecule has 2 aliphatic heterocycles. The van der Waals surface area contributed by atoms with E-state index in [1.807, 2.05) is 35.2 Å². The van der Waals surface area contributed by atoms with Gasteiger partial charge in [-0.3, -0.25) is 4.79 Å². The molecule has 3 aromatic rings. The Balaban J connectivity index is 1.38. The number of aromatic nitrogens is 3. The van der Waals surface area contributed by atoms with Gasteiger partial charge < -0.3 is 14.8 Å². The van der Waals surface area contributed by atoms with Crippen molar-refractivity contribution in [3.05, 3.63) is 54.0 Å². The summed E-state index contributed by atoms with van der Waals surface area (Å²) in [4.78, 5) is 30.3. The van der Waals surface area contributed by atoms with Gasteiger partial charge in [0.25, 0.3) is 5.91 Å². The fourth-order valence-corrected chi connectivity index (χ4v) is 4.47. The van der Waals surface area contributed by atoms with Crippen molar-refractivity contribution in [1.29, 1.82) is 0 Å². The predicted octanol–water partition coefficient (Wildman–Crippen LogP) is 3.58. The summed E-state index contributed by atoms with van der Waals surface area (Å²) in [6.45, 7) is 3.47. The molecule has 1 amide bonds. The molecule has 0 aliphatic carbocycles. The van der Waals surface area contributed by atoms with Crippen molar-refractivity contribution in [1.82, 2.24) is 19.9 Å². The van der Waals surface area contributed by atoms with Crippen LogP contribution in [0.5, 0.6) is 0 Å². The Bertz CT molecular complexity index is 958. The maximum absolute atomic E-state index is 13.4. The highest BCUT2D eigenvalue weighted by Crippen LogP contribution is 2.29. The van der Waals surface area contributed by atoms with Gasteiger partial charge in [-0.1, -0.05) is 12.1 Å². The van der Waals surface area contributed by atoms with E-state index in [0.717, 1.165) is 60.7 Å². The minimum atomic E-state index is 0.0933. The number of likely N-dealkylation sites (tertiary alicyclic amines) is 1. The van der Waals surface area contributed by atoms with E-state index in [2.05, 4.69) is 20.9 Å². The average Bonchev–Trinajstić information content (AvgIpc) is 3.43. The zero-order valence-corrected chi connectivity index (χ0v) is 16.0. The van der Waals surface area contributed by atoms with Gasteiger partial charge in [0.05, 0.1) is 16.6 Å². The number of hydrogen-bond donors (Lipinski definition) is 1. The molecule has 2 aromatic heterocycles. The molecule has 6 heteroatoms. The van der Waals surface area contributed by atoms with Crippen LogP contribution in [-0.2, 0) is 0 Å². The number of nitrogens with zero attached hydrogens (tertiary/aromatic N) is 4. The number of hydrogen-bond acceptors (Lipinski definition) is 4. The van der Waals surface area contributed by atoms with E-state index in [1.54, 1.807) is 6.20 Å². The Morgan fingerprint density at radius 3 is 2.75 bits per heavy atom. The number of rotatable bonds is 3. The fourth-order valence-electron chi connectivity index (χ4n) is 4.47. The van der Waals surface area contributed by atoms with Crippen LogP contribution in [0.2, 0.25) is 0 Å². The molecule has 2 aliphatic rings. The summed E-state index contributed by atoms with van der Waals surface area (Å²) in [5, 5.41) is 0. The topological polar surface area (TPSA) is 65.1 Å². The zero-order valence-electron chi connectivity index (χ0n) is 16.0. The molecule has 28 heavy (non-hydrogen) atoms. The number of pyridine rings is 1. The van der Waals surface area contributed by atoms with E-state index in [0.29, 0.717) is 6.54 Å². The number of benzene rings is 1. The molecule has 5 rings (SSSR count). The van der Waals surface area contributed by atoms with Crippen LogP contribution in [0, 0.1) is 0 Å². The highest BCUT2D eigenvalue weighted by Gasteiger charge is 2.30. The first-order valence-electron chi connectivity index (χ1n) is 10.2. The third-order valence-corrected chi connectivity index (χ3v) is 5.93. The van der Waals surface area contributed by atoms with Gasteiger partial charge in [0, 0.05) is 38.3 Å². The first-order valence-corrected chi connectivity index (χ1v) is 10.2. The number of para-hydroxylation sites is 2. The summed E-state index contributed by atoms with van der Waals surface area (Å²) >= 11 is 0. The Kier molecular flexibility index (Phi) is 4.47. The lowest BCUT2D eigenvalue weighted by molar-refractivity contribution is 0.0705. The lowest BCUT2D eigenvalue weighted by Gasteiger charge is -2.32. The average molecular weight is 375 g/mol. The van der Waals surface area contributed by atoms with E-state index in [-0.39, 0.29) is 11.8 Å². The number of carbonyl (C=O) groups is 1. The Morgan fingerprint density at radius 2 is 1.89 bits per heavy atom. The quantitative estimate of drug-likeness (QED) is 0.760. The molecule has 0 bridgehead atoms. The zero-order chi connectivity index (χ0) is 18.9. The minimum Gasteiger partial charge on any atom is -0.356 e. The number of nitrogens with one attached hydrogen (secondary N) is 1. The minimum absolute atomic E-state index is 0.0933. The molecular formula is C22H25N5O. The molecule has 2 fully saturated rings. The summed E-state index contributed by atoms with van der Waals surface area (Å²) < 4.78 is 0. The van der Waals surface area contributed by atoms with Crippen LogP contribution in [0.25, 0.3) is 11.0 Å². The number of H-pyrrole nitrogens is 1. The maximum Gasteiger partial charge on any atom is 0.257 e. The second kappa shape index (κ2) is 7.26. The SMILES string of the molecule is O=C(c1cccnc1N1CCCC1)N1CCC[C@H](c2nc3ccccc3[nH]2)C1. The van der Waals surface area contributed by atoms with Crippen molar-refractivity contribution >= 4 is 22.8 Å². The van der Waals surface area contributed by atoms with Crippen LogP contribution in [-0.4, -0.2) is 51.9 Å². The van der Waals surface area contributed by atoms with Gasteiger partial charge >= 0.3 is 0 Å². The number of imidazole rings is 1. The Hall–Kier alpha value is -2.89. The molecule has 0 spiro atoms. The van der Waals surface area contributed by atoms with E-state index < -0.39 is 0 Å². The number of fused-ring (bicyclic) bond motifs is 1. The Labute approximate surface area is 164 Å². The van der Waals surface area contributed by atoms with Crippen molar-refractivity contribution in [2.45, 2.75) is 31.6 Å². The molecule has 0 radical (unpaired) electrons. The van der Waals surface area contributed by atoms with Crippen LogP contribution in [0.3, 0.4) is 0 Å². The smallest absolute Gasteiger partial charge is 0.257 e. The van der Waals surface area contributed by atoms with Gasteiger partial charge in [0.1, 0.15) is 11.6 Å². The van der Waals surface area contributed by atoms with Gasteiger partial charge in [-0.05, 0) is 49.9 Å². The summed E-state index contributed by atoms with van der Waals surface area (Å²) in [6, 6.07) is 11.9. The predicted molar refractivity (Wildman–Crippen MR) is 110 cm³/mol. The van der Waals surface area contributed by atoms with Crippen molar-refractivity contribution < 1.29 is 4.79 Å². The first-order chi connectivity index (χ1) is 13.8. The Morgan fingerprint density at radius 1 is 1.04 bits per heavy atom. The van der Waals surface area contributed by atoms with Gasteiger partial charge in [0.2, 0.25) is 0 Å². The first kappa shape index (κ1) is 17.2. The highest BCUT2D eigenvalue weighted by atomic mass is 16.2. The largest absolute Gasteiger partial charge is 0.356 e.